The first-order chi connectivity index (χ1) is 6.22. The van der Waals surface area contributed by atoms with Crippen molar-refractivity contribution in [1.82, 2.24) is 0 Å². The van der Waals surface area contributed by atoms with E-state index in [4.69, 9.17) is 10.2 Å². The Bertz CT molecular complexity index is 277. The molecule has 0 fully saturated rings. The standard InChI is InChI=1S/C10H12O3/c11-7-10(13)6-3-8-1-4-9(12)5-2-8/h1-2,4-5,11-12H,3,6-7H2. The van der Waals surface area contributed by atoms with Crippen molar-refractivity contribution in [3.8, 4) is 5.75 Å². The van der Waals surface area contributed by atoms with Gasteiger partial charge in [-0.2, -0.15) is 0 Å². The van der Waals surface area contributed by atoms with Crippen molar-refractivity contribution in [2.45, 2.75) is 12.8 Å². The normalized spacial score (nSPS) is 9.92. The molecular weight excluding hydrogens is 168 g/mol. The van der Waals surface area contributed by atoms with Crippen molar-refractivity contribution in [2.75, 3.05) is 6.61 Å². The van der Waals surface area contributed by atoms with Gasteiger partial charge >= 0.3 is 0 Å². The number of benzene rings is 1. The van der Waals surface area contributed by atoms with Crippen LogP contribution in [0.1, 0.15) is 12.0 Å². The van der Waals surface area contributed by atoms with Gasteiger partial charge in [-0.1, -0.05) is 12.1 Å². The van der Waals surface area contributed by atoms with Crippen molar-refractivity contribution in [1.29, 1.82) is 0 Å². The van der Waals surface area contributed by atoms with Gasteiger partial charge in [0.05, 0.1) is 0 Å². The number of hydrogen-bond acceptors (Lipinski definition) is 3. The van der Waals surface area contributed by atoms with Crippen LogP contribution in [0.4, 0.5) is 0 Å². The summed E-state index contributed by atoms with van der Waals surface area (Å²) in [5, 5.41) is 17.4. The second-order valence-corrected chi connectivity index (χ2v) is 2.86. The lowest BCUT2D eigenvalue weighted by atomic mass is 10.1. The van der Waals surface area contributed by atoms with Crippen LogP contribution in [-0.4, -0.2) is 22.6 Å². The van der Waals surface area contributed by atoms with Gasteiger partial charge in [0.2, 0.25) is 0 Å². The number of carbonyl (C=O) groups excluding carboxylic acids is 1. The minimum atomic E-state index is -0.391. The second kappa shape index (κ2) is 4.62. The molecule has 13 heavy (non-hydrogen) atoms. The van der Waals surface area contributed by atoms with E-state index in [9.17, 15) is 4.79 Å². The molecule has 0 radical (unpaired) electrons. The fourth-order valence-electron chi connectivity index (χ4n) is 1.03. The van der Waals surface area contributed by atoms with Gasteiger partial charge in [0.1, 0.15) is 12.4 Å². The maximum absolute atomic E-state index is 10.8. The number of hydrogen-bond donors (Lipinski definition) is 2. The Morgan fingerprint density at radius 3 is 2.38 bits per heavy atom. The van der Waals surface area contributed by atoms with Gasteiger partial charge in [-0.25, -0.2) is 0 Å². The van der Waals surface area contributed by atoms with E-state index in [-0.39, 0.29) is 11.5 Å². The quantitative estimate of drug-likeness (QED) is 0.723. The van der Waals surface area contributed by atoms with Gasteiger partial charge < -0.3 is 10.2 Å². The van der Waals surface area contributed by atoms with Gasteiger partial charge in [-0.3, -0.25) is 4.79 Å². The largest absolute Gasteiger partial charge is 0.508 e. The Labute approximate surface area is 76.6 Å². The molecule has 0 unspecified atom stereocenters. The molecule has 1 aromatic carbocycles. The predicted molar refractivity (Wildman–Crippen MR) is 48.5 cm³/mol. The summed E-state index contributed by atoms with van der Waals surface area (Å²) in [6, 6.07) is 6.69. The molecule has 0 aromatic heterocycles. The Morgan fingerprint density at radius 1 is 1.23 bits per heavy atom. The Morgan fingerprint density at radius 2 is 1.85 bits per heavy atom. The first kappa shape index (κ1) is 9.74. The summed E-state index contributed by atoms with van der Waals surface area (Å²) in [6.45, 7) is -0.391. The molecule has 70 valence electrons. The number of rotatable bonds is 4. The topological polar surface area (TPSA) is 57.5 Å². The summed E-state index contributed by atoms with van der Waals surface area (Å²) < 4.78 is 0. The molecule has 0 aliphatic carbocycles. The van der Waals surface area contributed by atoms with Gasteiger partial charge in [-0.05, 0) is 24.1 Å². The molecule has 0 atom stereocenters. The van der Waals surface area contributed by atoms with Gasteiger partial charge in [0, 0.05) is 6.42 Å². The van der Waals surface area contributed by atoms with Crippen molar-refractivity contribution in [3.63, 3.8) is 0 Å². The highest BCUT2D eigenvalue weighted by Gasteiger charge is 2.00. The van der Waals surface area contributed by atoms with Crippen LogP contribution in [0.15, 0.2) is 24.3 Å². The van der Waals surface area contributed by atoms with E-state index in [1.165, 1.54) is 0 Å². The van der Waals surface area contributed by atoms with Crippen molar-refractivity contribution in [3.05, 3.63) is 29.8 Å². The minimum Gasteiger partial charge on any atom is -0.508 e. The van der Waals surface area contributed by atoms with Crippen LogP contribution in [0.3, 0.4) is 0 Å². The number of aromatic hydroxyl groups is 1. The van der Waals surface area contributed by atoms with Crippen LogP contribution in [0.25, 0.3) is 0 Å². The zero-order valence-corrected chi connectivity index (χ0v) is 7.23. The molecule has 0 aliphatic heterocycles. The number of carbonyl (C=O) groups is 1. The van der Waals surface area contributed by atoms with Crippen LogP contribution < -0.4 is 0 Å². The third kappa shape index (κ3) is 3.25. The van der Waals surface area contributed by atoms with E-state index < -0.39 is 6.61 Å². The molecule has 0 bridgehead atoms. The Balaban J connectivity index is 2.46. The summed E-state index contributed by atoms with van der Waals surface area (Å²) in [6.07, 6.45) is 0.959. The highest BCUT2D eigenvalue weighted by Crippen LogP contribution is 2.10. The third-order valence-electron chi connectivity index (χ3n) is 1.81. The summed E-state index contributed by atoms with van der Waals surface area (Å²) in [5.41, 5.74) is 0.986. The lowest BCUT2D eigenvalue weighted by Crippen LogP contribution is -2.04. The average molecular weight is 180 g/mol. The number of Topliss-reactive ketones (excluding diaryl/α,β-unsaturated/α-hetero) is 1. The SMILES string of the molecule is O=C(CO)CCc1ccc(O)cc1. The molecule has 0 spiro atoms. The minimum absolute atomic E-state index is 0.159. The second-order valence-electron chi connectivity index (χ2n) is 2.86. The summed E-state index contributed by atoms with van der Waals surface area (Å²) in [4.78, 5) is 10.8. The van der Waals surface area contributed by atoms with Gasteiger partial charge in [-0.15, -0.1) is 0 Å². The molecule has 2 N–H and O–H groups in total. The van der Waals surface area contributed by atoms with Gasteiger partial charge in [0.15, 0.2) is 5.78 Å². The number of aliphatic hydroxyl groups is 1. The Kier molecular flexibility index (Phi) is 3.46. The number of aliphatic hydroxyl groups excluding tert-OH is 1. The molecule has 1 rings (SSSR count). The van der Waals surface area contributed by atoms with Crippen LogP contribution in [-0.2, 0) is 11.2 Å². The van der Waals surface area contributed by atoms with Crippen molar-refractivity contribution >= 4 is 5.78 Å². The average Bonchev–Trinajstić information content (AvgIpc) is 2.16. The molecular formula is C10H12O3. The van der Waals surface area contributed by atoms with E-state index in [1.807, 2.05) is 0 Å². The van der Waals surface area contributed by atoms with Crippen molar-refractivity contribution in [2.24, 2.45) is 0 Å². The molecule has 0 saturated carbocycles. The maximum Gasteiger partial charge on any atom is 0.158 e. The molecule has 3 heteroatoms. The zero-order valence-electron chi connectivity index (χ0n) is 7.23. The van der Waals surface area contributed by atoms with Gasteiger partial charge in [0.25, 0.3) is 0 Å². The molecule has 3 nitrogen and oxygen atoms in total. The monoisotopic (exact) mass is 180 g/mol. The van der Waals surface area contributed by atoms with Crippen LogP contribution >= 0.6 is 0 Å². The molecule has 0 amide bonds. The molecule has 1 aromatic rings. The van der Waals surface area contributed by atoms with E-state index in [0.29, 0.717) is 12.8 Å². The van der Waals surface area contributed by atoms with Crippen molar-refractivity contribution < 1.29 is 15.0 Å². The summed E-state index contributed by atoms with van der Waals surface area (Å²) >= 11 is 0. The Hall–Kier alpha value is -1.35. The molecule has 0 aliphatic rings. The van der Waals surface area contributed by atoms with E-state index in [2.05, 4.69) is 0 Å². The van der Waals surface area contributed by atoms with E-state index in [1.54, 1.807) is 24.3 Å². The predicted octanol–water partition coefficient (Wildman–Crippen LogP) is 0.886. The first-order valence-corrected chi connectivity index (χ1v) is 4.13. The third-order valence-corrected chi connectivity index (χ3v) is 1.81. The summed E-state index contributed by atoms with van der Waals surface area (Å²) in [5.74, 6) is 0.0605. The highest BCUT2D eigenvalue weighted by atomic mass is 16.3. The fourth-order valence-corrected chi connectivity index (χ4v) is 1.03. The molecule has 0 heterocycles. The maximum atomic E-state index is 10.8. The van der Waals surface area contributed by atoms with E-state index >= 15 is 0 Å². The number of phenols is 1. The van der Waals surface area contributed by atoms with Crippen LogP contribution in [0.5, 0.6) is 5.75 Å². The van der Waals surface area contributed by atoms with Crippen LogP contribution in [0, 0.1) is 0 Å². The summed E-state index contributed by atoms with van der Waals surface area (Å²) in [7, 11) is 0. The lowest BCUT2D eigenvalue weighted by molar-refractivity contribution is -0.121. The number of phenolic OH excluding ortho intramolecular Hbond substituents is 1. The van der Waals surface area contributed by atoms with Crippen LogP contribution in [0.2, 0.25) is 0 Å². The lowest BCUT2D eigenvalue weighted by Gasteiger charge is -1.99. The first-order valence-electron chi connectivity index (χ1n) is 4.13. The fraction of sp³-hybridized carbons (Fsp3) is 0.300. The van der Waals surface area contributed by atoms with E-state index in [0.717, 1.165) is 5.56 Å². The zero-order chi connectivity index (χ0) is 9.68. The highest BCUT2D eigenvalue weighted by molar-refractivity contribution is 5.79. The number of aryl methyl sites for hydroxylation is 1. The molecule has 0 saturated heterocycles. The number of ketones is 1. The smallest absolute Gasteiger partial charge is 0.158 e.